The van der Waals surface area contributed by atoms with Gasteiger partial charge in [-0.1, -0.05) is 19.1 Å². The van der Waals surface area contributed by atoms with E-state index in [1.807, 2.05) is 19.2 Å². The molecule has 4 heteroatoms. The fourth-order valence-corrected chi connectivity index (χ4v) is 2.22. The Bertz CT molecular complexity index is 355. The third-order valence-corrected chi connectivity index (χ3v) is 3.22. The summed E-state index contributed by atoms with van der Waals surface area (Å²) in [6.45, 7) is 3.67. The summed E-state index contributed by atoms with van der Waals surface area (Å²) in [7, 11) is 1.93. The average molecular weight is 252 g/mol. The van der Waals surface area contributed by atoms with Crippen LogP contribution in [-0.2, 0) is 11.3 Å². The zero-order valence-corrected chi connectivity index (χ0v) is 11.3. The molecule has 0 aliphatic heterocycles. The maximum absolute atomic E-state index is 11.4. The number of amides is 1. The quantitative estimate of drug-likeness (QED) is 0.730. The van der Waals surface area contributed by atoms with Gasteiger partial charge in [-0.3, -0.25) is 4.79 Å². The third-order valence-electron chi connectivity index (χ3n) is 2.22. The second kappa shape index (κ2) is 8.14. The van der Waals surface area contributed by atoms with Gasteiger partial charge in [-0.05, 0) is 31.2 Å². The summed E-state index contributed by atoms with van der Waals surface area (Å²) in [4.78, 5) is 12.6. The molecule has 0 heterocycles. The first kappa shape index (κ1) is 14.1. The van der Waals surface area contributed by atoms with Crippen molar-refractivity contribution in [2.45, 2.75) is 24.8 Å². The van der Waals surface area contributed by atoms with E-state index in [0.29, 0.717) is 5.75 Å². The molecule has 0 fully saturated rings. The predicted molar refractivity (Wildman–Crippen MR) is 73.2 cm³/mol. The Balaban J connectivity index is 2.40. The predicted octanol–water partition coefficient (Wildman–Crippen LogP) is 2.02. The number of hydrogen-bond donors (Lipinski definition) is 2. The first-order valence-electron chi connectivity index (χ1n) is 5.89. The highest BCUT2D eigenvalue weighted by Crippen LogP contribution is 2.18. The van der Waals surface area contributed by atoms with Crippen molar-refractivity contribution in [3.63, 3.8) is 0 Å². The topological polar surface area (TPSA) is 41.1 Å². The standard InChI is InChI=1S/C13H20N2OS/c1-3-7-15-13(16)10-17-12-6-4-5-11(8-12)9-14-2/h4-6,8,14H,3,7,9-10H2,1-2H3,(H,15,16). The van der Waals surface area contributed by atoms with Gasteiger partial charge in [-0.25, -0.2) is 0 Å². The van der Waals surface area contributed by atoms with Gasteiger partial charge in [0, 0.05) is 18.0 Å². The normalized spacial score (nSPS) is 10.2. The maximum Gasteiger partial charge on any atom is 0.230 e. The summed E-state index contributed by atoms with van der Waals surface area (Å²) < 4.78 is 0. The van der Waals surface area contributed by atoms with Crippen LogP contribution >= 0.6 is 11.8 Å². The highest BCUT2D eigenvalue weighted by Gasteiger charge is 2.02. The van der Waals surface area contributed by atoms with Gasteiger partial charge in [0.25, 0.3) is 0 Å². The molecule has 0 aliphatic carbocycles. The molecule has 1 aromatic carbocycles. The molecular weight excluding hydrogens is 232 g/mol. The van der Waals surface area contributed by atoms with Gasteiger partial charge in [-0.2, -0.15) is 0 Å². The van der Waals surface area contributed by atoms with E-state index >= 15 is 0 Å². The molecule has 1 rings (SSSR count). The van der Waals surface area contributed by atoms with Gasteiger partial charge >= 0.3 is 0 Å². The van der Waals surface area contributed by atoms with E-state index < -0.39 is 0 Å². The minimum atomic E-state index is 0.107. The van der Waals surface area contributed by atoms with Crippen LogP contribution < -0.4 is 10.6 Å². The van der Waals surface area contributed by atoms with E-state index in [2.05, 4.69) is 29.7 Å². The first-order chi connectivity index (χ1) is 8.26. The molecule has 1 amide bonds. The summed E-state index contributed by atoms with van der Waals surface area (Å²) in [5.41, 5.74) is 1.24. The van der Waals surface area contributed by atoms with Crippen molar-refractivity contribution < 1.29 is 4.79 Å². The number of carbonyl (C=O) groups excluding carboxylic acids is 1. The Morgan fingerprint density at radius 2 is 2.24 bits per heavy atom. The van der Waals surface area contributed by atoms with Crippen LogP contribution in [0.25, 0.3) is 0 Å². The molecule has 0 saturated carbocycles. The summed E-state index contributed by atoms with van der Waals surface area (Å²) in [6, 6.07) is 8.27. The number of hydrogen-bond acceptors (Lipinski definition) is 3. The van der Waals surface area contributed by atoms with E-state index in [9.17, 15) is 4.79 Å². The molecule has 0 aliphatic rings. The molecule has 0 aromatic heterocycles. The zero-order chi connectivity index (χ0) is 12.5. The molecule has 0 unspecified atom stereocenters. The van der Waals surface area contributed by atoms with Crippen molar-refractivity contribution in [3.05, 3.63) is 29.8 Å². The van der Waals surface area contributed by atoms with Crippen molar-refractivity contribution in [1.82, 2.24) is 10.6 Å². The molecule has 0 saturated heterocycles. The Morgan fingerprint density at radius 3 is 2.94 bits per heavy atom. The third kappa shape index (κ3) is 5.75. The van der Waals surface area contributed by atoms with Crippen molar-refractivity contribution in [1.29, 1.82) is 0 Å². The lowest BCUT2D eigenvalue weighted by Gasteiger charge is -2.05. The molecule has 0 atom stereocenters. The van der Waals surface area contributed by atoms with E-state index in [4.69, 9.17) is 0 Å². The van der Waals surface area contributed by atoms with E-state index in [1.54, 1.807) is 11.8 Å². The minimum absolute atomic E-state index is 0.107. The van der Waals surface area contributed by atoms with Crippen molar-refractivity contribution >= 4 is 17.7 Å². The Labute approximate surface area is 107 Å². The molecule has 0 spiro atoms. The number of rotatable bonds is 7. The number of carbonyl (C=O) groups is 1. The van der Waals surface area contributed by atoms with Crippen LogP contribution in [0, 0.1) is 0 Å². The van der Waals surface area contributed by atoms with Gasteiger partial charge in [0.1, 0.15) is 0 Å². The van der Waals surface area contributed by atoms with Crippen molar-refractivity contribution in [3.8, 4) is 0 Å². The molecule has 17 heavy (non-hydrogen) atoms. The maximum atomic E-state index is 11.4. The van der Waals surface area contributed by atoms with Gasteiger partial charge in [0.2, 0.25) is 5.91 Å². The minimum Gasteiger partial charge on any atom is -0.355 e. The van der Waals surface area contributed by atoms with Crippen molar-refractivity contribution in [2.75, 3.05) is 19.3 Å². The van der Waals surface area contributed by atoms with Crippen LogP contribution in [0.2, 0.25) is 0 Å². The average Bonchev–Trinajstić information content (AvgIpc) is 2.35. The van der Waals surface area contributed by atoms with Crippen molar-refractivity contribution in [2.24, 2.45) is 0 Å². The molecule has 3 nitrogen and oxygen atoms in total. The highest BCUT2D eigenvalue weighted by atomic mass is 32.2. The summed E-state index contributed by atoms with van der Waals surface area (Å²) in [5.74, 6) is 0.596. The smallest absolute Gasteiger partial charge is 0.230 e. The number of benzene rings is 1. The molecule has 1 aromatic rings. The first-order valence-corrected chi connectivity index (χ1v) is 6.88. The van der Waals surface area contributed by atoms with Crippen LogP contribution in [0.15, 0.2) is 29.2 Å². The lowest BCUT2D eigenvalue weighted by atomic mass is 10.2. The van der Waals surface area contributed by atoms with Gasteiger partial charge in [0.05, 0.1) is 5.75 Å². The molecule has 0 radical (unpaired) electrons. The Kier molecular flexibility index (Phi) is 6.74. The molecule has 0 bridgehead atoms. The lowest BCUT2D eigenvalue weighted by molar-refractivity contribution is -0.118. The van der Waals surface area contributed by atoms with Crippen LogP contribution in [0.5, 0.6) is 0 Å². The van der Waals surface area contributed by atoms with Gasteiger partial charge in [-0.15, -0.1) is 11.8 Å². The Hall–Kier alpha value is -1.00. The number of thioether (sulfide) groups is 1. The largest absolute Gasteiger partial charge is 0.355 e. The molecular formula is C13H20N2OS. The summed E-state index contributed by atoms with van der Waals surface area (Å²) in [5, 5.41) is 5.99. The molecule has 2 N–H and O–H groups in total. The zero-order valence-electron chi connectivity index (χ0n) is 10.5. The lowest BCUT2D eigenvalue weighted by Crippen LogP contribution is -2.25. The van der Waals surface area contributed by atoms with Gasteiger partial charge < -0.3 is 10.6 Å². The van der Waals surface area contributed by atoms with E-state index in [0.717, 1.165) is 24.4 Å². The van der Waals surface area contributed by atoms with E-state index in [-0.39, 0.29) is 5.91 Å². The fraction of sp³-hybridized carbons (Fsp3) is 0.462. The summed E-state index contributed by atoms with van der Waals surface area (Å²) in [6.07, 6.45) is 0.980. The number of nitrogens with one attached hydrogen (secondary N) is 2. The highest BCUT2D eigenvalue weighted by molar-refractivity contribution is 8.00. The molecule has 94 valence electrons. The second-order valence-corrected chi connectivity index (χ2v) is 4.87. The van der Waals surface area contributed by atoms with Crippen LogP contribution in [0.4, 0.5) is 0 Å². The summed E-state index contributed by atoms with van der Waals surface area (Å²) >= 11 is 1.58. The Morgan fingerprint density at radius 1 is 1.41 bits per heavy atom. The monoisotopic (exact) mass is 252 g/mol. The van der Waals surface area contributed by atoms with E-state index in [1.165, 1.54) is 5.56 Å². The van der Waals surface area contributed by atoms with Crippen LogP contribution in [0.3, 0.4) is 0 Å². The SMILES string of the molecule is CCCNC(=O)CSc1cccc(CNC)c1. The fourth-order valence-electron chi connectivity index (χ4n) is 1.41. The van der Waals surface area contributed by atoms with Crippen LogP contribution in [-0.4, -0.2) is 25.3 Å². The second-order valence-electron chi connectivity index (χ2n) is 3.82. The van der Waals surface area contributed by atoms with Gasteiger partial charge in [0.15, 0.2) is 0 Å². The van der Waals surface area contributed by atoms with Crippen LogP contribution in [0.1, 0.15) is 18.9 Å².